The van der Waals surface area contributed by atoms with Crippen LogP contribution in [0.2, 0.25) is 0 Å². The first-order valence-corrected chi connectivity index (χ1v) is 11.5. The van der Waals surface area contributed by atoms with Gasteiger partial charge in [0, 0.05) is 37.5 Å². The van der Waals surface area contributed by atoms with Crippen molar-refractivity contribution in [2.24, 2.45) is 23.7 Å². The zero-order chi connectivity index (χ0) is 23.2. The average molecular weight is 435 g/mol. The number of carbonyl (C=O) groups excluding carboxylic acids is 3. The summed E-state index contributed by atoms with van der Waals surface area (Å²) in [6, 6.07) is 0. The van der Waals surface area contributed by atoms with E-state index in [1.54, 1.807) is 0 Å². The van der Waals surface area contributed by atoms with E-state index < -0.39 is 5.97 Å². The van der Waals surface area contributed by atoms with Gasteiger partial charge in [-0.2, -0.15) is 0 Å². The third-order valence-corrected chi connectivity index (χ3v) is 6.17. The van der Waals surface area contributed by atoms with E-state index in [9.17, 15) is 19.2 Å². The molecule has 0 amide bonds. The summed E-state index contributed by atoms with van der Waals surface area (Å²) in [5.74, 6) is -0.247. The number of ether oxygens (including phenoxy) is 1. The maximum absolute atomic E-state index is 11.7. The number of esters is 1. The Morgan fingerprint density at radius 1 is 0.871 bits per heavy atom. The van der Waals surface area contributed by atoms with Crippen molar-refractivity contribution in [3.8, 4) is 0 Å². The van der Waals surface area contributed by atoms with Crippen LogP contribution in [-0.4, -0.2) is 35.7 Å². The third-order valence-electron chi connectivity index (χ3n) is 6.17. The summed E-state index contributed by atoms with van der Waals surface area (Å²) in [5, 5.41) is 8.72. The molecule has 2 aliphatic carbocycles. The number of carboxylic acid groups (broad SMARTS) is 1. The number of carbonyl (C=O) groups is 4. The normalized spacial score (nSPS) is 25.8. The molecule has 2 saturated carbocycles. The van der Waals surface area contributed by atoms with Crippen molar-refractivity contribution in [2.45, 2.75) is 78.1 Å². The van der Waals surface area contributed by atoms with Crippen molar-refractivity contribution in [3.05, 3.63) is 24.3 Å². The predicted molar refractivity (Wildman–Crippen MR) is 119 cm³/mol. The van der Waals surface area contributed by atoms with Crippen molar-refractivity contribution in [3.63, 3.8) is 0 Å². The van der Waals surface area contributed by atoms with Gasteiger partial charge >= 0.3 is 11.9 Å². The number of methoxy groups -OCH3 is 1. The second-order valence-corrected chi connectivity index (χ2v) is 8.35. The van der Waals surface area contributed by atoms with Gasteiger partial charge in [0.2, 0.25) is 0 Å². The molecule has 0 bridgehead atoms. The van der Waals surface area contributed by atoms with Gasteiger partial charge in [0.1, 0.15) is 11.6 Å². The average Bonchev–Trinajstić information content (AvgIpc) is 3.25. The summed E-state index contributed by atoms with van der Waals surface area (Å²) in [5.41, 5.74) is 0. The minimum Gasteiger partial charge on any atom is -0.481 e. The summed E-state index contributed by atoms with van der Waals surface area (Å²) in [6.45, 7) is 4.11. The molecule has 6 heteroatoms. The lowest BCUT2D eigenvalue weighted by Crippen LogP contribution is -2.18. The highest BCUT2D eigenvalue weighted by atomic mass is 16.5. The molecule has 6 nitrogen and oxygen atoms in total. The van der Waals surface area contributed by atoms with E-state index >= 15 is 0 Å². The lowest BCUT2D eigenvalue weighted by atomic mass is 9.89. The fourth-order valence-electron chi connectivity index (χ4n) is 4.43. The van der Waals surface area contributed by atoms with Crippen LogP contribution in [0.4, 0.5) is 0 Å². The molecule has 2 rings (SSSR count). The molecule has 4 atom stereocenters. The Hall–Kier alpha value is -2.24. The molecule has 0 aromatic carbocycles. The molecular weight excluding hydrogens is 396 g/mol. The molecule has 0 saturated heterocycles. The third kappa shape index (κ3) is 9.62. The number of allylic oxidation sites excluding steroid dienone is 4. The second-order valence-electron chi connectivity index (χ2n) is 8.35. The number of hydrogen-bond donors (Lipinski definition) is 1. The summed E-state index contributed by atoms with van der Waals surface area (Å²) in [7, 11) is 1.39. The molecule has 1 N–H and O–H groups in total. The zero-order valence-electron chi connectivity index (χ0n) is 19.2. The van der Waals surface area contributed by atoms with Crippen LogP contribution in [0, 0.1) is 23.7 Å². The second kappa shape index (κ2) is 14.7. The van der Waals surface area contributed by atoms with Crippen LogP contribution < -0.4 is 0 Å². The molecule has 31 heavy (non-hydrogen) atoms. The van der Waals surface area contributed by atoms with E-state index in [4.69, 9.17) is 5.11 Å². The van der Waals surface area contributed by atoms with Crippen LogP contribution in [0.5, 0.6) is 0 Å². The fraction of sp³-hybridized carbons (Fsp3) is 0.680. The van der Waals surface area contributed by atoms with Crippen molar-refractivity contribution >= 4 is 23.5 Å². The Labute approximate surface area is 186 Å². The highest BCUT2D eigenvalue weighted by Crippen LogP contribution is 2.35. The highest BCUT2D eigenvalue weighted by Gasteiger charge is 2.35. The van der Waals surface area contributed by atoms with Gasteiger partial charge in [-0.15, -0.1) is 0 Å². The number of ketones is 2. The van der Waals surface area contributed by atoms with E-state index in [0.717, 1.165) is 32.1 Å². The van der Waals surface area contributed by atoms with E-state index in [2.05, 4.69) is 23.8 Å². The minimum absolute atomic E-state index is 0.0295. The van der Waals surface area contributed by atoms with Gasteiger partial charge in [0.25, 0.3) is 0 Å². The molecule has 0 aromatic rings. The lowest BCUT2D eigenvalue weighted by Gasteiger charge is -2.15. The van der Waals surface area contributed by atoms with Gasteiger partial charge in [-0.3, -0.25) is 19.2 Å². The molecule has 0 spiro atoms. The van der Waals surface area contributed by atoms with E-state index in [1.807, 2.05) is 19.1 Å². The number of rotatable bonds is 10. The first-order valence-electron chi connectivity index (χ1n) is 11.5. The van der Waals surface area contributed by atoms with Crippen LogP contribution in [0.1, 0.15) is 78.1 Å². The molecule has 2 fully saturated rings. The van der Waals surface area contributed by atoms with Gasteiger partial charge in [0.15, 0.2) is 0 Å². The smallest absolute Gasteiger partial charge is 0.305 e. The quantitative estimate of drug-likeness (QED) is 0.387. The Morgan fingerprint density at radius 3 is 1.71 bits per heavy atom. The van der Waals surface area contributed by atoms with E-state index in [0.29, 0.717) is 31.5 Å². The summed E-state index contributed by atoms with van der Waals surface area (Å²) in [6.07, 6.45) is 14.9. The lowest BCUT2D eigenvalue weighted by molar-refractivity contribution is -0.142. The molecule has 0 aliphatic heterocycles. The van der Waals surface area contributed by atoms with Gasteiger partial charge in [-0.25, -0.2) is 0 Å². The standard InChI is InChI=1S/C13H20O3.C12H18O3/c1-3-4-5-6-11-10(7-8-12(11)14)9-13(15)16-2;1-2-3-4-5-10-9(8-12(14)15)6-7-11(10)13/h4-5,10-11H,3,6-9H2,1-2H3;3-4,9-10H,2,5-8H2,1H3,(H,14,15)/b5-4-;4-3-/t10-,11-;9-,10-/m11/s1. The number of Topliss-reactive ketones (excluding diaryl/α,β-unsaturated/α-hetero) is 2. The van der Waals surface area contributed by atoms with Crippen LogP contribution in [0.25, 0.3) is 0 Å². The van der Waals surface area contributed by atoms with Gasteiger partial charge in [-0.05, 0) is 50.4 Å². The SMILES string of the molecule is CC/C=C\C[C@H]1C(=O)CC[C@@H]1CC(=O)O.CC/C=C\C[C@H]1C(=O)CC[C@@H]1CC(=O)OC. The Balaban J connectivity index is 0.000000311. The highest BCUT2D eigenvalue weighted by molar-refractivity contribution is 5.85. The fourth-order valence-corrected chi connectivity index (χ4v) is 4.43. The van der Waals surface area contributed by atoms with Crippen molar-refractivity contribution < 1.29 is 29.0 Å². The minimum atomic E-state index is -0.792. The molecule has 174 valence electrons. The summed E-state index contributed by atoms with van der Waals surface area (Å²) >= 11 is 0. The summed E-state index contributed by atoms with van der Waals surface area (Å²) < 4.78 is 4.65. The van der Waals surface area contributed by atoms with Crippen molar-refractivity contribution in [1.29, 1.82) is 0 Å². The summed E-state index contributed by atoms with van der Waals surface area (Å²) in [4.78, 5) is 45.0. The first-order chi connectivity index (χ1) is 14.8. The van der Waals surface area contributed by atoms with Crippen molar-refractivity contribution in [2.75, 3.05) is 7.11 Å². The predicted octanol–water partition coefficient (Wildman–Crippen LogP) is 4.91. The molecule has 0 aromatic heterocycles. The first kappa shape index (κ1) is 26.8. The number of hydrogen-bond acceptors (Lipinski definition) is 5. The molecule has 2 aliphatic rings. The number of aliphatic carboxylic acids is 1. The Kier molecular flexibility index (Phi) is 12.7. The van der Waals surface area contributed by atoms with Crippen molar-refractivity contribution in [1.82, 2.24) is 0 Å². The molecular formula is C25H38O6. The zero-order valence-corrected chi connectivity index (χ0v) is 19.2. The molecule has 0 unspecified atom stereocenters. The molecule has 0 heterocycles. The number of carboxylic acids is 1. The van der Waals surface area contributed by atoms with Crippen LogP contribution in [-0.2, 0) is 23.9 Å². The van der Waals surface area contributed by atoms with Gasteiger partial charge < -0.3 is 9.84 Å². The van der Waals surface area contributed by atoms with Crippen LogP contribution >= 0.6 is 0 Å². The van der Waals surface area contributed by atoms with Gasteiger partial charge in [-0.1, -0.05) is 38.2 Å². The van der Waals surface area contributed by atoms with E-state index in [1.165, 1.54) is 7.11 Å². The Bertz CT molecular complexity index is 663. The largest absolute Gasteiger partial charge is 0.481 e. The van der Waals surface area contributed by atoms with Crippen LogP contribution in [0.3, 0.4) is 0 Å². The topological polar surface area (TPSA) is 97.7 Å². The van der Waals surface area contributed by atoms with Crippen LogP contribution in [0.15, 0.2) is 24.3 Å². The monoisotopic (exact) mass is 434 g/mol. The maximum Gasteiger partial charge on any atom is 0.305 e. The van der Waals surface area contributed by atoms with E-state index in [-0.39, 0.29) is 41.8 Å². The Morgan fingerprint density at radius 2 is 1.32 bits per heavy atom. The van der Waals surface area contributed by atoms with Gasteiger partial charge in [0.05, 0.1) is 7.11 Å². The maximum atomic E-state index is 11.7. The molecule has 0 radical (unpaired) electrons.